The molecule has 1 heterocycles. The predicted molar refractivity (Wildman–Crippen MR) is 85.6 cm³/mol. The fourth-order valence-electron chi connectivity index (χ4n) is 2.20. The van der Waals surface area contributed by atoms with Crippen LogP contribution in [0.3, 0.4) is 0 Å². The summed E-state index contributed by atoms with van der Waals surface area (Å²) in [6, 6.07) is 5.07. The average Bonchev–Trinajstić information content (AvgIpc) is 2.76. The van der Waals surface area contributed by atoms with Crippen LogP contribution in [0.15, 0.2) is 22.6 Å². The number of carboxylic acids is 1. The van der Waals surface area contributed by atoms with Crippen LogP contribution in [0, 0.1) is 6.92 Å². The maximum atomic E-state index is 12.0. The largest absolute Gasteiger partial charge is 0.478 e. The summed E-state index contributed by atoms with van der Waals surface area (Å²) in [5.74, 6) is -0.427. The highest BCUT2D eigenvalue weighted by molar-refractivity contribution is 5.94. The minimum absolute atomic E-state index is 0.207. The van der Waals surface area contributed by atoms with Gasteiger partial charge in [0.1, 0.15) is 16.9 Å². The van der Waals surface area contributed by atoms with Crippen LogP contribution in [0.4, 0.5) is 4.79 Å². The first-order valence-corrected chi connectivity index (χ1v) is 7.27. The fraction of sp³-hybridized carbons (Fsp3) is 0.412. The number of benzene rings is 1. The van der Waals surface area contributed by atoms with Crippen LogP contribution in [-0.4, -0.2) is 34.7 Å². The smallest absolute Gasteiger partial charge is 0.410 e. The Bertz CT molecular complexity index is 754. The number of aromatic carboxylic acids is 1. The summed E-state index contributed by atoms with van der Waals surface area (Å²) in [4.78, 5) is 24.5. The van der Waals surface area contributed by atoms with Gasteiger partial charge in [-0.25, -0.2) is 9.59 Å². The second-order valence-electron chi connectivity index (χ2n) is 6.56. The summed E-state index contributed by atoms with van der Waals surface area (Å²) in [7, 11) is 1.62. The number of hydrogen-bond donors (Lipinski definition) is 1. The minimum Gasteiger partial charge on any atom is -0.478 e. The van der Waals surface area contributed by atoms with Crippen LogP contribution in [0.5, 0.6) is 0 Å². The monoisotopic (exact) mass is 319 g/mol. The van der Waals surface area contributed by atoms with Gasteiger partial charge < -0.3 is 19.2 Å². The van der Waals surface area contributed by atoms with Crippen LogP contribution >= 0.6 is 0 Å². The molecule has 0 atom stereocenters. The number of rotatable bonds is 3. The first-order chi connectivity index (χ1) is 10.6. The Kier molecular flexibility index (Phi) is 4.36. The van der Waals surface area contributed by atoms with Gasteiger partial charge in [-0.15, -0.1) is 0 Å². The number of ether oxygens (including phenoxy) is 1. The van der Waals surface area contributed by atoms with E-state index in [-0.39, 0.29) is 12.1 Å². The van der Waals surface area contributed by atoms with E-state index in [1.165, 1.54) is 11.0 Å². The summed E-state index contributed by atoms with van der Waals surface area (Å²) in [5.41, 5.74) is 0.796. The summed E-state index contributed by atoms with van der Waals surface area (Å²) in [6.45, 7) is 7.38. The fourth-order valence-corrected chi connectivity index (χ4v) is 2.20. The van der Waals surface area contributed by atoms with Crippen molar-refractivity contribution >= 4 is 23.0 Å². The molecular weight excluding hydrogens is 298 g/mol. The molecule has 6 heteroatoms. The number of nitrogens with zero attached hydrogens (tertiary/aromatic N) is 1. The van der Waals surface area contributed by atoms with Crippen molar-refractivity contribution in [2.24, 2.45) is 0 Å². The molecular formula is C17H21NO5. The Labute approximate surface area is 134 Å². The van der Waals surface area contributed by atoms with Crippen molar-refractivity contribution in [2.45, 2.75) is 39.8 Å². The molecule has 124 valence electrons. The maximum absolute atomic E-state index is 12.0. The Hall–Kier alpha value is -2.50. The third-order valence-corrected chi connectivity index (χ3v) is 3.24. The van der Waals surface area contributed by atoms with E-state index < -0.39 is 17.7 Å². The number of carbonyl (C=O) groups is 2. The second kappa shape index (κ2) is 5.95. The topological polar surface area (TPSA) is 80.0 Å². The SMILES string of the molecule is Cc1cc2cc(CN(C)C(=O)OC(C)(C)C)oc2cc1C(=O)O. The molecule has 0 saturated carbocycles. The molecule has 0 unspecified atom stereocenters. The number of amides is 1. The first kappa shape index (κ1) is 16.9. The molecule has 0 saturated heterocycles. The van der Waals surface area contributed by atoms with Crippen molar-refractivity contribution in [3.63, 3.8) is 0 Å². The molecule has 0 aliphatic heterocycles. The van der Waals surface area contributed by atoms with Crippen molar-refractivity contribution in [1.29, 1.82) is 0 Å². The molecule has 0 aliphatic carbocycles. The molecule has 0 spiro atoms. The van der Waals surface area contributed by atoms with E-state index in [1.807, 2.05) is 0 Å². The van der Waals surface area contributed by atoms with Gasteiger partial charge in [-0.3, -0.25) is 0 Å². The number of furan rings is 1. The highest BCUT2D eigenvalue weighted by Crippen LogP contribution is 2.24. The van der Waals surface area contributed by atoms with E-state index in [4.69, 9.17) is 14.3 Å². The van der Waals surface area contributed by atoms with Crippen molar-refractivity contribution in [1.82, 2.24) is 4.90 Å². The van der Waals surface area contributed by atoms with Crippen molar-refractivity contribution < 1.29 is 23.8 Å². The molecule has 0 aliphatic rings. The lowest BCUT2D eigenvalue weighted by atomic mass is 10.1. The maximum Gasteiger partial charge on any atom is 0.410 e. The lowest BCUT2D eigenvalue weighted by Gasteiger charge is -2.24. The summed E-state index contributed by atoms with van der Waals surface area (Å²) in [6.07, 6.45) is -0.444. The zero-order chi connectivity index (χ0) is 17.4. The predicted octanol–water partition coefficient (Wildman–Crippen LogP) is 3.81. The number of hydrogen-bond acceptors (Lipinski definition) is 4. The standard InChI is InChI=1S/C17H21NO5/c1-10-6-11-7-12(22-14(11)8-13(10)15(19)20)9-18(5)16(21)23-17(2,3)4/h6-8H,9H2,1-5H3,(H,19,20). The number of carboxylic acid groups (broad SMARTS) is 1. The van der Waals surface area contributed by atoms with E-state index in [1.54, 1.807) is 46.9 Å². The number of carbonyl (C=O) groups excluding carboxylic acids is 1. The van der Waals surface area contributed by atoms with E-state index in [0.29, 0.717) is 16.9 Å². The molecule has 1 aromatic heterocycles. The van der Waals surface area contributed by atoms with Crippen LogP contribution in [0.1, 0.15) is 42.5 Å². The lowest BCUT2D eigenvalue weighted by Crippen LogP contribution is -2.33. The van der Waals surface area contributed by atoms with Gasteiger partial charge in [-0.2, -0.15) is 0 Å². The van der Waals surface area contributed by atoms with Crippen LogP contribution in [0.25, 0.3) is 11.0 Å². The molecule has 1 amide bonds. The van der Waals surface area contributed by atoms with Gasteiger partial charge in [0, 0.05) is 12.4 Å². The molecule has 2 rings (SSSR count). The Balaban J connectivity index is 2.21. The van der Waals surface area contributed by atoms with Gasteiger partial charge >= 0.3 is 12.1 Å². The average molecular weight is 319 g/mol. The third kappa shape index (κ3) is 4.03. The van der Waals surface area contributed by atoms with Crippen LogP contribution in [-0.2, 0) is 11.3 Å². The summed E-state index contributed by atoms with van der Waals surface area (Å²) >= 11 is 0. The second-order valence-corrected chi connectivity index (χ2v) is 6.56. The van der Waals surface area contributed by atoms with E-state index >= 15 is 0 Å². The van der Waals surface area contributed by atoms with Gasteiger partial charge in [0.2, 0.25) is 0 Å². The highest BCUT2D eigenvalue weighted by Gasteiger charge is 2.21. The molecule has 1 aromatic carbocycles. The highest BCUT2D eigenvalue weighted by atomic mass is 16.6. The van der Waals surface area contributed by atoms with Gasteiger partial charge in [-0.1, -0.05) is 0 Å². The Morgan fingerprint density at radius 3 is 2.48 bits per heavy atom. The van der Waals surface area contributed by atoms with Crippen molar-refractivity contribution in [2.75, 3.05) is 7.05 Å². The number of aryl methyl sites for hydroxylation is 1. The Morgan fingerprint density at radius 1 is 1.26 bits per heavy atom. The van der Waals surface area contributed by atoms with Gasteiger partial charge in [0.15, 0.2) is 0 Å². The van der Waals surface area contributed by atoms with E-state index in [9.17, 15) is 9.59 Å². The minimum atomic E-state index is -0.992. The normalized spacial score (nSPS) is 11.5. The summed E-state index contributed by atoms with van der Waals surface area (Å²) in [5, 5.41) is 9.95. The summed E-state index contributed by atoms with van der Waals surface area (Å²) < 4.78 is 10.9. The Morgan fingerprint density at radius 2 is 1.91 bits per heavy atom. The lowest BCUT2D eigenvalue weighted by molar-refractivity contribution is 0.0275. The zero-order valence-corrected chi connectivity index (χ0v) is 14.0. The molecule has 23 heavy (non-hydrogen) atoms. The molecule has 0 fully saturated rings. The van der Waals surface area contributed by atoms with Crippen molar-refractivity contribution in [3.8, 4) is 0 Å². The molecule has 2 aromatic rings. The molecule has 1 N–H and O–H groups in total. The first-order valence-electron chi connectivity index (χ1n) is 7.27. The van der Waals surface area contributed by atoms with Crippen molar-refractivity contribution in [3.05, 3.63) is 35.1 Å². The molecule has 6 nitrogen and oxygen atoms in total. The van der Waals surface area contributed by atoms with Gasteiger partial charge in [-0.05, 0) is 51.5 Å². The molecule has 0 bridgehead atoms. The van der Waals surface area contributed by atoms with Crippen LogP contribution < -0.4 is 0 Å². The van der Waals surface area contributed by atoms with Gasteiger partial charge in [0.05, 0.1) is 12.1 Å². The van der Waals surface area contributed by atoms with E-state index in [2.05, 4.69) is 0 Å². The van der Waals surface area contributed by atoms with Gasteiger partial charge in [0.25, 0.3) is 0 Å². The van der Waals surface area contributed by atoms with Crippen LogP contribution in [0.2, 0.25) is 0 Å². The quantitative estimate of drug-likeness (QED) is 0.930. The third-order valence-electron chi connectivity index (χ3n) is 3.24. The number of fused-ring (bicyclic) bond motifs is 1. The zero-order valence-electron chi connectivity index (χ0n) is 14.0. The van der Waals surface area contributed by atoms with E-state index in [0.717, 1.165) is 5.39 Å². The molecule has 0 radical (unpaired) electrons.